The van der Waals surface area contributed by atoms with Gasteiger partial charge in [-0.3, -0.25) is 9.52 Å². The van der Waals surface area contributed by atoms with Gasteiger partial charge in [-0.25, -0.2) is 8.42 Å². The molecule has 4 N–H and O–H groups in total. The molecule has 0 spiro atoms. The summed E-state index contributed by atoms with van der Waals surface area (Å²) in [6.07, 6.45) is 4.85. The molecule has 2 unspecified atom stereocenters. The van der Waals surface area contributed by atoms with Crippen molar-refractivity contribution in [3.05, 3.63) is 29.8 Å². The molecule has 1 amide bonds. The highest BCUT2D eigenvalue weighted by Gasteiger charge is 2.25. The van der Waals surface area contributed by atoms with Crippen LogP contribution in [0.5, 0.6) is 0 Å². The van der Waals surface area contributed by atoms with Crippen LogP contribution in [0.4, 0.5) is 5.69 Å². The zero-order valence-electron chi connectivity index (χ0n) is 14.1. The summed E-state index contributed by atoms with van der Waals surface area (Å²) in [4.78, 5) is 12.4. The first-order chi connectivity index (χ1) is 11.4. The second-order valence-electron chi connectivity index (χ2n) is 6.36. The number of nitrogens with two attached hydrogens (primary N) is 1. The number of nitrogens with one attached hydrogen (secondary N) is 2. The summed E-state index contributed by atoms with van der Waals surface area (Å²) in [5.41, 5.74) is 6.79. The Kier molecular flexibility index (Phi) is 6.62. The molecule has 24 heavy (non-hydrogen) atoms. The number of rotatable bonds is 7. The minimum absolute atomic E-state index is 0.0807. The smallest absolute Gasteiger partial charge is 0.251 e. The van der Waals surface area contributed by atoms with Gasteiger partial charge in [-0.05, 0) is 56.0 Å². The van der Waals surface area contributed by atoms with Gasteiger partial charge in [0, 0.05) is 17.3 Å². The first-order valence-electron chi connectivity index (χ1n) is 8.56. The quantitative estimate of drug-likeness (QED) is 0.698. The third-order valence-corrected chi connectivity index (χ3v) is 5.91. The summed E-state index contributed by atoms with van der Waals surface area (Å²) < 4.78 is 26.0. The molecule has 7 heteroatoms. The molecular weight excluding hydrogens is 326 g/mol. The molecule has 0 aliphatic heterocycles. The van der Waals surface area contributed by atoms with Gasteiger partial charge in [0.2, 0.25) is 10.0 Å². The molecule has 1 aromatic carbocycles. The Labute approximate surface area is 144 Å². The number of carbonyl (C=O) groups is 1. The van der Waals surface area contributed by atoms with E-state index >= 15 is 0 Å². The zero-order valence-corrected chi connectivity index (χ0v) is 14.9. The van der Waals surface area contributed by atoms with Crippen LogP contribution in [0.3, 0.4) is 0 Å². The van der Waals surface area contributed by atoms with Crippen LogP contribution < -0.4 is 15.8 Å². The molecule has 1 aliphatic rings. The minimum atomic E-state index is -3.32. The first-order valence-corrected chi connectivity index (χ1v) is 10.2. The second kappa shape index (κ2) is 8.48. The van der Waals surface area contributed by atoms with Gasteiger partial charge in [-0.1, -0.05) is 19.8 Å². The van der Waals surface area contributed by atoms with Crippen molar-refractivity contribution in [3.8, 4) is 0 Å². The predicted molar refractivity (Wildman–Crippen MR) is 96.4 cm³/mol. The predicted octanol–water partition coefficient (Wildman–Crippen LogP) is 2.09. The van der Waals surface area contributed by atoms with E-state index in [9.17, 15) is 13.2 Å². The maximum Gasteiger partial charge on any atom is 0.251 e. The normalized spacial score (nSPS) is 21.2. The van der Waals surface area contributed by atoms with E-state index in [4.69, 9.17) is 5.73 Å². The summed E-state index contributed by atoms with van der Waals surface area (Å²) in [6.45, 7) is 2.40. The van der Waals surface area contributed by atoms with E-state index in [1.807, 2.05) is 6.92 Å². The zero-order chi connectivity index (χ0) is 17.6. The Morgan fingerprint density at radius 3 is 2.50 bits per heavy atom. The molecule has 1 aromatic rings. The van der Waals surface area contributed by atoms with Crippen LogP contribution >= 0.6 is 0 Å². The topological polar surface area (TPSA) is 101 Å². The van der Waals surface area contributed by atoms with Gasteiger partial charge < -0.3 is 11.1 Å². The molecule has 0 aromatic heterocycles. The minimum Gasteiger partial charge on any atom is -0.349 e. The van der Waals surface area contributed by atoms with Crippen LogP contribution in [0.15, 0.2) is 24.3 Å². The number of amides is 1. The van der Waals surface area contributed by atoms with Gasteiger partial charge in [0.25, 0.3) is 5.91 Å². The first kappa shape index (κ1) is 18.7. The van der Waals surface area contributed by atoms with Crippen LogP contribution in [0.2, 0.25) is 0 Å². The van der Waals surface area contributed by atoms with Crippen molar-refractivity contribution < 1.29 is 13.2 Å². The van der Waals surface area contributed by atoms with Crippen LogP contribution in [-0.2, 0) is 10.0 Å². The summed E-state index contributed by atoms with van der Waals surface area (Å²) in [7, 11) is -3.32. The van der Waals surface area contributed by atoms with Crippen LogP contribution in [0.1, 0.15) is 49.4 Å². The van der Waals surface area contributed by atoms with Gasteiger partial charge in [0.05, 0.1) is 5.75 Å². The van der Waals surface area contributed by atoms with Crippen molar-refractivity contribution in [2.45, 2.75) is 45.1 Å². The largest absolute Gasteiger partial charge is 0.349 e. The van der Waals surface area contributed by atoms with E-state index in [-0.39, 0.29) is 17.7 Å². The molecule has 0 bridgehead atoms. The van der Waals surface area contributed by atoms with Crippen molar-refractivity contribution in [1.82, 2.24) is 5.32 Å². The van der Waals surface area contributed by atoms with E-state index in [0.717, 1.165) is 19.3 Å². The number of anilines is 1. The fourth-order valence-corrected chi connectivity index (χ4v) is 4.26. The van der Waals surface area contributed by atoms with Crippen LogP contribution in [0.25, 0.3) is 0 Å². The third kappa shape index (κ3) is 5.21. The molecular formula is C17H27N3O3S. The highest BCUT2D eigenvalue weighted by Crippen LogP contribution is 2.24. The van der Waals surface area contributed by atoms with Gasteiger partial charge in [-0.15, -0.1) is 0 Å². The molecule has 1 saturated carbocycles. The number of hydrogen-bond acceptors (Lipinski definition) is 4. The lowest BCUT2D eigenvalue weighted by atomic mass is 9.84. The standard InChI is InChI=1S/C17H27N3O3S/c1-2-11-24(22,23)20-15-9-7-13(8-10-15)17(21)19-16-6-4-3-5-14(16)12-18/h7-10,14,16,20H,2-6,11-12,18H2,1H3,(H,19,21). The number of hydrogen-bond donors (Lipinski definition) is 3. The van der Waals surface area contributed by atoms with Crippen LogP contribution in [-0.4, -0.2) is 32.7 Å². The highest BCUT2D eigenvalue weighted by atomic mass is 32.2. The van der Waals surface area contributed by atoms with Crippen molar-refractivity contribution in [1.29, 1.82) is 0 Å². The number of sulfonamides is 1. The summed E-state index contributed by atoms with van der Waals surface area (Å²) in [6, 6.07) is 6.63. The molecule has 1 fully saturated rings. The third-order valence-electron chi connectivity index (χ3n) is 4.42. The molecule has 6 nitrogen and oxygen atoms in total. The van der Waals surface area contributed by atoms with Gasteiger partial charge in [-0.2, -0.15) is 0 Å². The lowest BCUT2D eigenvalue weighted by molar-refractivity contribution is 0.0908. The SMILES string of the molecule is CCCS(=O)(=O)Nc1ccc(C(=O)NC2CCCCC2CN)cc1. The van der Waals surface area contributed by atoms with Crippen LogP contribution in [0, 0.1) is 5.92 Å². The highest BCUT2D eigenvalue weighted by molar-refractivity contribution is 7.92. The average Bonchev–Trinajstić information content (AvgIpc) is 2.55. The Morgan fingerprint density at radius 1 is 1.21 bits per heavy atom. The Morgan fingerprint density at radius 2 is 1.88 bits per heavy atom. The molecule has 1 aliphatic carbocycles. The molecule has 0 heterocycles. The summed E-state index contributed by atoms with van der Waals surface area (Å²) in [5.74, 6) is 0.281. The number of benzene rings is 1. The van der Waals surface area contributed by atoms with Crippen molar-refractivity contribution in [3.63, 3.8) is 0 Å². The lowest BCUT2D eigenvalue weighted by Crippen LogP contribution is -2.44. The van der Waals surface area contributed by atoms with Gasteiger partial charge in [0.1, 0.15) is 0 Å². The molecule has 2 rings (SSSR count). The Balaban J connectivity index is 1.98. The van der Waals surface area contributed by atoms with E-state index in [1.165, 1.54) is 6.42 Å². The maximum atomic E-state index is 12.4. The molecule has 0 saturated heterocycles. The van der Waals surface area contributed by atoms with E-state index in [2.05, 4.69) is 10.0 Å². The van der Waals surface area contributed by atoms with Gasteiger partial charge >= 0.3 is 0 Å². The van der Waals surface area contributed by atoms with Crippen molar-refractivity contribution in [2.75, 3.05) is 17.0 Å². The molecule has 134 valence electrons. The second-order valence-corrected chi connectivity index (χ2v) is 8.20. The fourth-order valence-electron chi connectivity index (χ4n) is 3.12. The van der Waals surface area contributed by atoms with E-state index in [1.54, 1.807) is 24.3 Å². The van der Waals surface area contributed by atoms with Gasteiger partial charge in [0.15, 0.2) is 0 Å². The van der Waals surface area contributed by atoms with E-state index < -0.39 is 10.0 Å². The lowest BCUT2D eigenvalue weighted by Gasteiger charge is -2.31. The Bertz CT molecular complexity index is 644. The fraction of sp³-hybridized carbons (Fsp3) is 0.588. The number of carbonyl (C=O) groups excluding carboxylic acids is 1. The molecule has 2 atom stereocenters. The maximum absolute atomic E-state index is 12.4. The van der Waals surface area contributed by atoms with E-state index in [0.29, 0.717) is 30.1 Å². The van der Waals surface area contributed by atoms with Crippen molar-refractivity contribution in [2.24, 2.45) is 11.7 Å². The Hall–Kier alpha value is -1.60. The molecule has 0 radical (unpaired) electrons. The summed E-state index contributed by atoms with van der Waals surface area (Å²) >= 11 is 0. The van der Waals surface area contributed by atoms with Crippen molar-refractivity contribution >= 4 is 21.6 Å². The monoisotopic (exact) mass is 353 g/mol. The average molecular weight is 353 g/mol. The summed E-state index contributed by atoms with van der Waals surface area (Å²) in [5, 5.41) is 3.07.